The molecular weight excluding hydrogens is 626 g/mol. The molecule has 2 aliphatic rings. The highest BCUT2D eigenvalue weighted by molar-refractivity contribution is 6.30. The van der Waals surface area contributed by atoms with Crippen molar-refractivity contribution in [2.75, 3.05) is 59.4 Å². The molecule has 3 heterocycles. The molecule has 1 unspecified atom stereocenters. The smallest absolute Gasteiger partial charge is 0.254 e. The number of benzene rings is 3. The highest BCUT2D eigenvalue weighted by atomic mass is 35.5. The number of nitrogens with zero attached hydrogens (tertiary/aromatic N) is 4. The Morgan fingerprint density at radius 3 is 2.38 bits per heavy atom. The van der Waals surface area contributed by atoms with Crippen LogP contribution in [0.5, 0.6) is 17.2 Å². The number of piperidine rings is 1. The van der Waals surface area contributed by atoms with E-state index in [9.17, 15) is 4.79 Å². The molecule has 0 radical (unpaired) electrons. The Morgan fingerprint density at radius 2 is 1.71 bits per heavy atom. The quantitative estimate of drug-likeness (QED) is 0.162. The third-order valence-corrected chi connectivity index (χ3v) is 10.3. The highest BCUT2D eigenvalue weighted by Gasteiger charge is 2.42. The van der Waals surface area contributed by atoms with Gasteiger partial charge >= 0.3 is 0 Å². The summed E-state index contributed by atoms with van der Waals surface area (Å²) in [6.45, 7) is 7.12. The summed E-state index contributed by atoms with van der Waals surface area (Å²) < 4.78 is 18.8. The predicted octanol–water partition coefficient (Wildman–Crippen LogP) is 7.04. The number of anilines is 1. The number of fused-ring (bicyclic) bond motifs is 1. The molecule has 1 amide bonds. The SMILES string of the molecule is C/C=C/Cn1c(NC2CCN(CCC3(c4ccc(Cl)cc4)CCN(C(=O)c4cc(OC)c(OC)c(OC)c4)C3)CC2)nc2ccccc21. The Kier molecular flexibility index (Phi) is 10.5. The Balaban J connectivity index is 1.13. The van der Waals surface area contributed by atoms with Gasteiger partial charge in [0, 0.05) is 54.8 Å². The largest absolute Gasteiger partial charge is 0.493 e. The number of rotatable bonds is 12. The summed E-state index contributed by atoms with van der Waals surface area (Å²) in [7, 11) is 4.69. The number of hydrogen-bond donors (Lipinski definition) is 1. The number of aromatic nitrogens is 2. The molecule has 2 fully saturated rings. The van der Waals surface area contributed by atoms with E-state index in [4.69, 9.17) is 30.8 Å². The molecule has 1 aromatic heterocycles. The van der Waals surface area contributed by atoms with E-state index in [1.807, 2.05) is 23.1 Å². The van der Waals surface area contributed by atoms with E-state index in [-0.39, 0.29) is 11.3 Å². The predicted molar refractivity (Wildman–Crippen MR) is 192 cm³/mol. The molecule has 1 N–H and O–H groups in total. The lowest BCUT2D eigenvalue weighted by Gasteiger charge is -2.36. The van der Waals surface area contributed by atoms with Gasteiger partial charge in [-0.3, -0.25) is 4.79 Å². The van der Waals surface area contributed by atoms with Gasteiger partial charge in [0.2, 0.25) is 11.7 Å². The lowest BCUT2D eigenvalue weighted by molar-refractivity contribution is 0.0779. The van der Waals surface area contributed by atoms with Crippen LogP contribution < -0.4 is 19.5 Å². The van der Waals surface area contributed by atoms with Gasteiger partial charge in [0.1, 0.15) is 0 Å². The van der Waals surface area contributed by atoms with E-state index in [1.54, 1.807) is 33.5 Å². The number of halogens is 1. The average molecular weight is 672 g/mol. The molecule has 254 valence electrons. The van der Waals surface area contributed by atoms with Crippen molar-refractivity contribution in [3.05, 3.63) is 89.0 Å². The molecule has 9 nitrogen and oxygen atoms in total. The van der Waals surface area contributed by atoms with Gasteiger partial charge in [-0.1, -0.05) is 48.0 Å². The number of para-hydroxylation sites is 2. The van der Waals surface area contributed by atoms with E-state index >= 15 is 0 Å². The number of allylic oxidation sites excluding steroid dienone is 2. The summed E-state index contributed by atoms with van der Waals surface area (Å²) in [6, 6.07) is 20.4. The molecular formula is C38H46ClN5O4. The van der Waals surface area contributed by atoms with Crippen molar-refractivity contribution in [2.45, 2.75) is 50.6 Å². The molecule has 0 saturated carbocycles. The van der Waals surface area contributed by atoms with Crippen LogP contribution in [0.25, 0.3) is 11.0 Å². The van der Waals surface area contributed by atoms with Crippen LogP contribution in [0.4, 0.5) is 5.95 Å². The first kappa shape index (κ1) is 33.7. The third kappa shape index (κ3) is 6.98. The molecule has 2 aliphatic heterocycles. The zero-order chi connectivity index (χ0) is 33.7. The van der Waals surface area contributed by atoms with Gasteiger partial charge in [-0.15, -0.1) is 0 Å². The molecule has 0 bridgehead atoms. The van der Waals surface area contributed by atoms with E-state index in [0.29, 0.717) is 47.0 Å². The lowest BCUT2D eigenvalue weighted by atomic mass is 9.76. The molecule has 1 atom stereocenters. The van der Waals surface area contributed by atoms with Crippen LogP contribution in [-0.4, -0.2) is 85.4 Å². The summed E-state index contributed by atoms with van der Waals surface area (Å²) in [5.74, 6) is 2.31. The number of amides is 1. The highest BCUT2D eigenvalue weighted by Crippen LogP contribution is 2.42. The lowest BCUT2D eigenvalue weighted by Crippen LogP contribution is -2.42. The number of imidazole rings is 1. The zero-order valence-corrected chi connectivity index (χ0v) is 29.1. The maximum absolute atomic E-state index is 13.9. The number of carbonyl (C=O) groups excluding carboxylic acids is 1. The summed E-state index contributed by atoms with van der Waals surface area (Å²) in [4.78, 5) is 23.4. The van der Waals surface area contributed by atoms with Crippen molar-refractivity contribution in [1.82, 2.24) is 19.4 Å². The van der Waals surface area contributed by atoms with Crippen molar-refractivity contribution < 1.29 is 19.0 Å². The van der Waals surface area contributed by atoms with E-state index in [0.717, 1.165) is 68.8 Å². The van der Waals surface area contributed by atoms with Gasteiger partial charge in [0.05, 0.1) is 32.4 Å². The van der Waals surface area contributed by atoms with Gasteiger partial charge in [0.15, 0.2) is 11.5 Å². The molecule has 0 spiro atoms. The van der Waals surface area contributed by atoms with Crippen LogP contribution in [-0.2, 0) is 12.0 Å². The van der Waals surface area contributed by atoms with Crippen LogP contribution in [0.15, 0.2) is 72.8 Å². The maximum atomic E-state index is 13.9. The standard InChI is InChI=1S/C38H46ClN5O4/c1-5-6-19-44-32-10-8-7-9-31(32)41-37(44)40-30-15-20-42(21-16-30)22-17-38(28-11-13-29(39)14-12-28)18-23-43(26-38)36(45)27-24-33(46-2)35(48-4)34(25-27)47-3/h5-14,24-25,30H,15-23,26H2,1-4H3,(H,40,41)/b6-5+. The van der Waals surface area contributed by atoms with Crippen molar-refractivity contribution in [1.29, 1.82) is 0 Å². The van der Waals surface area contributed by atoms with Crippen molar-refractivity contribution >= 4 is 34.5 Å². The first-order valence-electron chi connectivity index (χ1n) is 16.8. The fourth-order valence-electron chi connectivity index (χ4n) is 7.26. The molecule has 3 aromatic carbocycles. The fourth-order valence-corrected chi connectivity index (χ4v) is 7.38. The van der Waals surface area contributed by atoms with E-state index in [2.05, 4.69) is 64.2 Å². The van der Waals surface area contributed by atoms with Gasteiger partial charge in [-0.25, -0.2) is 4.98 Å². The Morgan fingerprint density at radius 1 is 1.00 bits per heavy atom. The van der Waals surface area contributed by atoms with Crippen molar-refractivity contribution in [3.8, 4) is 17.2 Å². The van der Waals surface area contributed by atoms with Crippen LogP contribution >= 0.6 is 11.6 Å². The molecule has 4 aromatic rings. The number of nitrogens with one attached hydrogen (secondary N) is 1. The van der Waals surface area contributed by atoms with Gasteiger partial charge in [-0.05, 0) is 81.1 Å². The minimum absolute atomic E-state index is 0.0440. The fraction of sp³-hybridized carbons (Fsp3) is 0.421. The molecule has 0 aliphatic carbocycles. The second-order valence-corrected chi connectivity index (χ2v) is 13.2. The molecule has 6 rings (SSSR count). The first-order chi connectivity index (χ1) is 23.4. The normalized spacial score (nSPS) is 18.9. The second-order valence-electron chi connectivity index (χ2n) is 12.8. The summed E-state index contributed by atoms with van der Waals surface area (Å²) >= 11 is 6.31. The van der Waals surface area contributed by atoms with E-state index < -0.39 is 0 Å². The van der Waals surface area contributed by atoms with Crippen LogP contribution in [0.3, 0.4) is 0 Å². The molecule has 10 heteroatoms. The monoisotopic (exact) mass is 671 g/mol. The minimum Gasteiger partial charge on any atom is -0.493 e. The van der Waals surface area contributed by atoms with Crippen molar-refractivity contribution in [3.63, 3.8) is 0 Å². The van der Waals surface area contributed by atoms with Crippen LogP contribution in [0, 0.1) is 0 Å². The molecule has 2 saturated heterocycles. The minimum atomic E-state index is -0.173. The van der Waals surface area contributed by atoms with E-state index in [1.165, 1.54) is 5.56 Å². The summed E-state index contributed by atoms with van der Waals surface area (Å²) in [6.07, 6.45) is 8.18. The van der Waals surface area contributed by atoms with Gasteiger partial charge < -0.3 is 33.9 Å². The third-order valence-electron chi connectivity index (χ3n) is 10.0. The van der Waals surface area contributed by atoms with Crippen LogP contribution in [0.2, 0.25) is 5.02 Å². The zero-order valence-electron chi connectivity index (χ0n) is 28.4. The number of methoxy groups -OCH3 is 3. The number of likely N-dealkylation sites (tertiary alicyclic amines) is 2. The summed E-state index contributed by atoms with van der Waals surface area (Å²) in [5, 5.41) is 4.48. The topological polar surface area (TPSA) is 81.1 Å². The van der Waals surface area contributed by atoms with Crippen molar-refractivity contribution in [2.24, 2.45) is 0 Å². The number of ether oxygens (including phenoxy) is 3. The van der Waals surface area contributed by atoms with Crippen LogP contribution in [0.1, 0.15) is 48.5 Å². The first-order valence-corrected chi connectivity index (χ1v) is 17.2. The second kappa shape index (κ2) is 14.9. The van der Waals surface area contributed by atoms with Gasteiger partial charge in [0.25, 0.3) is 5.91 Å². The number of carbonyl (C=O) groups is 1. The Labute approximate surface area is 288 Å². The Hall–Kier alpha value is -4.21. The Bertz CT molecular complexity index is 1720. The average Bonchev–Trinajstić information content (AvgIpc) is 3.71. The maximum Gasteiger partial charge on any atom is 0.254 e. The number of hydrogen-bond acceptors (Lipinski definition) is 7. The van der Waals surface area contributed by atoms with Gasteiger partial charge in [-0.2, -0.15) is 0 Å². The summed E-state index contributed by atoms with van der Waals surface area (Å²) in [5.41, 5.74) is 3.74. The molecule has 48 heavy (non-hydrogen) atoms.